The monoisotopic (exact) mass is 273 g/mol. The molecular formula is C13H18F3N3. The van der Waals surface area contributed by atoms with E-state index in [1.807, 2.05) is 0 Å². The van der Waals surface area contributed by atoms with Crippen LogP contribution in [0.3, 0.4) is 0 Å². The number of rotatable bonds is 3. The van der Waals surface area contributed by atoms with Gasteiger partial charge >= 0.3 is 6.18 Å². The van der Waals surface area contributed by atoms with Crippen LogP contribution in [-0.2, 0) is 6.18 Å². The molecule has 1 unspecified atom stereocenters. The first-order chi connectivity index (χ1) is 9.00. The lowest BCUT2D eigenvalue weighted by Gasteiger charge is -2.35. The first-order valence-corrected chi connectivity index (χ1v) is 6.52. The second-order valence-corrected chi connectivity index (χ2v) is 4.79. The van der Waals surface area contributed by atoms with E-state index in [1.54, 1.807) is 0 Å². The molecule has 1 aliphatic heterocycles. The van der Waals surface area contributed by atoms with Gasteiger partial charge in [0.1, 0.15) is 5.69 Å². The van der Waals surface area contributed by atoms with E-state index < -0.39 is 11.9 Å². The predicted molar refractivity (Wildman–Crippen MR) is 68.2 cm³/mol. The number of piperazine rings is 1. The summed E-state index contributed by atoms with van der Waals surface area (Å²) in [6.45, 7) is 4.60. The van der Waals surface area contributed by atoms with Crippen molar-refractivity contribution in [2.75, 3.05) is 24.5 Å². The van der Waals surface area contributed by atoms with Crippen LogP contribution in [0, 0.1) is 0 Å². The number of anilines is 1. The van der Waals surface area contributed by atoms with Crippen molar-refractivity contribution in [1.29, 1.82) is 0 Å². The molecule has 0 aromatic carbocycles. The summed E-state index contributed by atoms with van der Waals surface area (Å²) in [5.74, 6) is 0. The molecule has 6 heteroatoms. The first-order valence-electron chi connectivity index (χ1n) is 6.52. The summed E-state index contributed by atoms with van der Waals surface area (Å²) in [7, 11) is 0. The molecule has 106 valence electrons. The van der Waals surface area contributed by atoms with Gasteiger partial charge in [0.25, 0.3) is 0 Å². The summed E-state index contributed by atoms with van der Waals surface area (Å²) in [6.07, 6.45) is -0.884. The van der Waals surface area contributed by atoms with Gasteiger partial charge in [-0.2, -0.15) is 13.2 Å². The van der Waals surface area contributed by atoms with Crippen LogP contribution < -0.4 is 10.2 Å². The number of pyridine rings is 1. The quantitative estimate of drug-likeness (QED) is 0.917. The van der Waals surface area contributed by atoms with E-state index >= 15 is 0 Å². The SMILES string of the molecule is CCCC1CN(c2ccc(C(F)(F)F)nc2)CCN1. The van der Waals surface area contributed by atoms with Crippen molar-refractivity contribution in [1.82, 2.24) is 10.3 Å². The molecule has 19 heavy (non-hydrogen) atoms. The maximum atomic E-state index is 12.4. The Morgan fingerprint density at radius 3 is 2.79 bits per heavy atom. The molecule has 0 amide bonds. The van der Waals surface area contributed by atoms with Crippen molar-refractivity contribution >= 4 is 5.69 Å². The summed E-state index contributed by atoms with van der Waals surface area (Å²) >= 11 is 0. The maximum absolute atomic E-state index is 12.4. The fourth-order valence-electron chi connectivity index (χ4n) is 2.34. The lowest BCUT2D eigenvalue weighted by atomic mass is 10.1. The van der Waals surface area contributed by atoms with Gasteiger partial charge in [-0.3, -0.25) is 0 Å². The molecule has 2 rings (SSSR count). The zero-order valence-electron chi connectivity index (χ0n) is 10.9. The van der Waals surface area contributed by atoms with Crippen molar-refractivity contribution in [2.24, 2.45) is 0 Å². The standard InChI is InChI=1S/C13H18F3N3/c1-2-3-10-9-19(7-6-17-10)11-4-5-12(18-8-11)13(14,15)16/h4-5,8,10,17H,2-3,6-7,9H2,1H3. The van der Waals surface area contributed by atoms with Crippen molar-refractivity contribution in [3.63, 3.8) is 0 Å². The molecule has 0 saturated carbocycles. The summed E-state index contributed by atoms with van der Waals surface area (Å²) in [6, 6.07) is 2.96. The fraction of sp³-hybridized carbons (Fsp3) is 0.615. The highest BCUT2D eigenvalue weighted by Crippen LogP contribution is 2.28. The smallest absolute Gasteiger partial charge is 0.367 e. The van der Waals surface area contributed by atoms with Gasteiger partial charge in [-0.05, 0) is 18.6 Å². The van der Waals surface area contributed by atoms with Gasteiger partial charge in [-0.15, -0.1) is 0 Å². The van der Waals surface area contributed by atoms with Gasteiger partial charge in [-0.1, -0.05) is 13.3 Å². The normalized spacial score (nSPS) is 20.6. The van der Waals surface area contributed by atoms with Crippen LogP contribution in [0.2, 0.25) is 0 Å². The van der Waals surface area contributed by atoms with E-state index in [0.717, 1.165) is 44.2 Å². The minimum absolute atomic E-state index is 0.404. The second-order valence-electron chi connectivity index (χ2n) is 4.79. The molecule has 1 aromatic heterocycles. The summed E-state index contributed by atoms with van der Waals surface area (Å²) < 4.78 is 37.3. The Kier molecular flexibility index (Phi) is 4.29. The number of halogens is 3. The zero-order chi connectivity index (χ0) is 13.9. The third kappa shape index (κ3) is 3.59. The number of alkyl halides is 3. The highest BCUT2D eigenvalue weighted by Gasteiger charge is 2.32. The van der Waals surface area contributed by atoms with Crippen LogP contribution in [0.15, 0.2) is 18.3 Å². The molecule has 3 nitrogen and oxygen atoms in total. The highest BCUT2D eigenvalue weighted by atomic mass is 19.4. The molecule has 1 aromatic rings. The lowest BCUT2D eigenvalue weighted by Crippen LogP contribution is -2.50. The van der Waals surface area contributed by atoms with Gasteiger partial charge in [0.05, 0.1) is 11.9 Å². The van der Waals surface area contributed by atoms with Gasteiger partial charge < -0.3 is 10.2 Å². The zero-order valence-corrected chi connectivity index (χ0v) is 10.9. The van der Waals surface area contributed by atoms with Crippen molar-refractivity contribution in [3.8, 4) is 0 Å². The molecule has 0 aliphatic carbocycles. The van der Waals surface area contributed by atoms with Crippen molar-refractivity contribution in [2.45, 2.75) is 32.0 Å². The van der Waals surface area contributed by atoms with E-state index in [2.05, 4.69) is 22.1 Å². The van der Waals surface area contributed by atoms with E-state index in [4.69, 9.17) is 0 Å². The summed E-state index contributed by atoms with van der Waals surface area (Å²) in [5.41, 5.74) is -0.0768. The average molecular weight is 273 g/mol. The largest absolute Gasteiger partial charge is 0.433 e. The number of hydrogen-bond acceptors (Lipinski definition) is 3. The minimum atomic E-state index is -4.37. The molecule has 1 atom stereocenters. The Bertz CT molecular complexity index is 401. The Labute approximate surface area is 110 Å². The molecule has 2 heterocycles. The molecule has 1 aliphatic rings. The maximum Gasteiger partial charge on any atom is 0.433 e. The fourth-order valence-corrected chi connectivity index (χ4v) is 2.34. The molecule has 0 bridgehead atoms. The topological polar surface area (TPSA) is 28.2 Å². The van der Waals surface area contributed by atoms with Crippen LogP contribution in [0.25, 0.3) is 0 Å². The molecule has 1 fully saturated rings. The molecular weight excluding hydrogens is 255 g/mol. The van der Waals surface area contributed by atoms with Crippen molar-refractivity contribution in [3.05, 3.63) is 24.0 Å². The highest BCUT2D eigenvalue weighted by molar-refractivity contribution is 5.45. The summed E-state index contributed by atoms with van der Waals surface area (Å²) in [5, 5.41) is 3.41. The Hall–Kier alpha value is -1.30. The van der Waals surface area contributed by atoms with Crippen LogP contribution in [0.5, 0.6) is 0 Å². The third-order valence-corrected chi connectivity index (χ3v) is 3.30. The number of hydrogen-bond donors (Lipinski definition) is 1. The van der Waals surface area contributed by atoms with Crippen LogP contribution in [-0.4, -0.2) is 30.7 Å². The number of aromatic nitrogens is 1. The molecule has 1 saturated heterocycles. The van der Waals surface area contributed by atoms with E-state index in [-0.39, 0.29) is 0 Å². The van der Waals surface area contributed by atoms with Crippen LogP contribution in [0.4, 0.5) is 18.9 Å². The molecule has 0 radical (unpaired) electrons. The molecule has 0 spiro atoms. The van der Waals surface area contributed by atoms with E-state index in [0.29, 0.717) is 6.04 Å². The Morgan fingerprint density at radius 1 is 1.42 bits per heavy atom. The van der Waals surface area contributed by atoms with Crippen LogP contribution in [0.1, 0.15) is 25.5 Å². The van der Waals surface area contributed by atoms with Gasteiger partial charge in [0.2, 0.25) is 0 Å². The van der Waals surface area contributed by atoms with Crippen molar-refractivity contribution < 1.29 is 13.2 Å². The molecule has 1 N–H and O–H groups in total. The first kappa shape index (κ1) is 14.1. The summed E-state index contributed by atoms with van der Waals surface area (Å²) in [4.78, 5) is 5.60. The second kappa shape index (κ2) is 5.77. The third-order valence-electron chi connectivity index (χ3n) is 3.30. The van der Waals surface area contributed by atoms with Gasteiger partial charge in [0, 0.05) is 25.7 Å². The number of nitrogens with one attached hydrogen (secondary N) is 1. The predicted octanol–water partition coefficient (Wildman–Crippen LogP) is 2.68. The van der Waals surface area contributed by atoms with E-state index in [9.17, 15) is 13.2 Å². The van der Waals surface area contributed by atoms with E-state index in [1.165, 1.54) is 12.3 Å². The Balaban J connectivity index is 2.05. The van der Waals surface area contributed by atoms with Gasteiger partial charge in [-0.25, -0.2) is 4.98 Å². The van der Waals surface area contributed by atoms with Gasteiger partial charge in [0.15, 0.2) is 0 Å². The minimum Gasteiger partial charge on any atom is -0.367 e. The Morgan fingerprint density at radius 2 is 2.21 bits per heavy atom. The van der Waals surface area contributed by atoms with Crippen LogP contribution >= 0.6 is 0 Å². The number of nitrogens with zero attached hydrogens (tertiary/aromatic N) is 2. The lowest BCUT2D eigenvalue weighted by molar-refractivity contribution is -0.141. The average Bonchev–Trinajstić information content (AvgIpc) is 2.39.